The molecule has 4 amide bonds. The molecule has 0 fully saturated rings. The van der Waals surface area contributed by atoms with Crippen LogP contribution in [-0.2, 0) is 40.8 Å². The van der Waals surface area contributed by atoms with Crippen molar-refractivity contribution in [1.82, 2.24) is 21.3 Å². The second-order valence-corrected chi connectivity index (χ2v) is 17.1. The molecule has 1 aliphatic rings. The Labute approximate surface area is 355 Å². The zero-order valence-electron chi connectivity index (χ0n) is 34.3. The number of hydrogen-bond acceptors (Lipinski definition) is 10. The number of ether oxygens (including phenoxy) is 4. The lowest BCUT2D eigenvalue weighted by atomic mass is 10.2. The van der Waals surface area contributed by atoms with Crippen LogP contribution in [0.1, 0.15) is 47.9 Å². The number of carbonyl (C=O) groups excluding carboxylic acids is 4. The summed E-state index contributed by atoms with van der Waals surface area (Å²) < 4.78 is 51.6. The summed E-state index contributed by atoms with van der Waals surface area (Å²) in [4.78, 5) is 52.3. The van der Waals surface area contributed by atoms with Gasteiger partial charge in [0.2, 0.25) is 0 Å². The highest BCUT2D eigenvalue weighted by atomic mass is 32.2. The minimum atomic E-state index is -1.79. The second-order valence-electron chi connectivity index (χ2n) is 14.3. The molecule has 0 aliphatic carbocycles. The largest absolute Gasteiger partial charge is 0.482 e. The molecule has 0 saturated heterocycles. The van der Waals surface area contributed by atoms with E-state index in [-0.39, 0.29) is 73.1 Å². The van der Waals surface area contributed by atoms with Gasteiger partial charge in [-0.3, -0.25) is 19.2 Å². The van der Waals surface area contributed by atoms with Crippen LogP contribution >= 0.6 is 0 Å². The molecular weight excluding hydrogens is 809 g/mol. The summed E-state index contributed by atoms with van der Waals surface area (Å²) in [5.41, 5.74) is 3.34. The number of amides is 4. The van der Waals surface area contributed by atoms with Gasteiger partial charge in [-0.2, -0.15) is 0 Å². The van der Waals surface area contributed by atoms with Crippen LogP contribution in [0.25, 0.3) is 0 Å². The van der Waals surface area contributed by atoms with Gasteiger partial charge in [-0.15, -0.1) is 0 Å². The van der Waals surface area contributed by atoms with Crippen molar-refractivity contribution in [3.63, 3.8) is 0 Å². The summed E-state index contributed by atoms with van der Waals surface area (Å²) in [7, 11) is -3.58. The number of aryl methyl sites for hydroxylation is 4. The fourth-order valence-corrected chi connectivity index (χ4v) is 8.83. The third-order valence-corrected chi connectivity index (χ3v) is 12.0. The predicted molar refractivity (Wildman–Crippen MR) is 227 cm³/mol. The molecule has 60 heavy (non-hydrogen) atoms. The Kier molecular flexibility index (Phi) is 17.1. The standard InChI is InChI=1S/C44H52N4O10S2/c1-29-9-13-33-37(21-29)59(53)38-22-30(2)10-14-34(38)56-26-42(50)46-18-7-8-20-48-44(52)28-58-36-16-12-32(4)24-40(36)60(54)39-23-31(3)11-15-35(39)57-27-43(51)47-19-6-5-17-45-41(49)25-55-33/h9-16,21-24H,5-8,17-20,25-28H2,1-4H3,(H,45,49)(H,46,50)(H,47,51)(H,48,52). The van der Waals surface area contributed by atoms with Crippen molar-refractivity contribution in [2.24, 2.45) is 0 Å². The topological polar surface area (TPSA) is 187 Å². The molecule has 4 aromatic carbocycles. The lowest BCUT2D eigenvalue weighted by molar-refractivity contribution is -0.124. The van der Waals surface area contributed by atoms with E-state index in [9.17, 15) is 27.6 Å². The zero-order chi connectivity index (χ0) is 43.0. The predicted octanol–water partition coefficient (Wildman–Crippen LogP) is 4.51. The number of rotatable bonds is 0. The first-order chi connectivity index (χ1) is 28.9. The van der Waals surface area contributed by atoms with Gasteiger partial charge in [0.25, 0.3) is 23.6 Å². The summed E-state index contributed by atoms with van der Waals surface area (Å²) in [6.45, 7) is 7.55. The third-order valence-electron chi connectivity index (χ3n) is 9.13. The smallest absolute Gasteiger partial charge is 0.257 e. The van der Waals surface area contributed by atoms with Crippen LogP contribution in [0.2, 0.25) is 0 Å². The van der Waals surface area contributed by atoms with Crippen LogP contribution in [0.5, 0.6) is 23.0 Å². The van der Waals surface area contributed by atoms with Gasteiger partial charge in [0.1, 0.15) is 23.0 Å². The van der Waals surface area contributed by atoms with Crippen LogP contribution < -0.4 is 40.2 Å². The molecule has 0 bridgehead atoms. The van der Waals surface area contributed by atoms with E-state index < -0.39 is 21.6 Å². The van der Waals surface area contributed by atoms with Gasteiger partial charge in [0, 0.05) is 26.2 Å². The Hall–Kier alpha value is -5.74. The van der Waals surface area contributed by atoms with Crippen molar-refractivity contribution in [1.29, 1.82) is 0 Å². The number of carbonyl (C=O) groups is 4. The maximum absolute atomic E-state index is 14.1. The lowest BCUT2D eigenvalue weighted by Crippen LogP contribution is -2.32. The average molecular weight is 861 g/mol. The molecule has 0 saturated carbocycles. The van der Waals surface area contributed by atoms with Gasteiger partial charge in [0.05, 0.1) is 41.2 Å². The molecule has 1 aliphatic heterocycles. The van der Waals surface area contributed by atoms with E-state index in [2.05, 4.69) is 21.3 Å². The Balaban J connectivity index is 1.27. The molecule has 0 atom stereocenters. The highest BCUT2D eigenvalue weighted by molar-refractivity contribution is 7.85. The summed E-state index contributed by atoms with van der Waals surface area (Å²) in [5, 5.41) is 11.2. The van der Waals surface area contributed by atoms with Gasteiger partial charge < -0.3 is 40.2 Å². The van der Waals surface area contributed by atoms with E-state index in [4.69, 9.17) is 18.9 Å². The minimum absolute atomic E-state index is 0.272. The fourth-order valence-electron chi connectivity index (χ4n) is 5.94. The molecule has 5 rings (SSSR count). The van der Waals surface area contributed by atoms with Crippen molar-refractivity contribution in [2.45, 2.75) is 73.0 Å². The molecule has 1 heterocycles. The van der Waals surface area contributed by atoms with Gasteiger partial charge in [0.15, 0.2) is 26.4 Å². The maximum atomic E-state index is 14.1. The SMILES string of the molecule is Cc1ccc2c(c1)S(=O)c1cc(C)ccc1OCC(=O)NCCCCNC(=O)COc1ccc(C)cc1S(=O)c1cc(C)ccc1OCC(=O)NCCCCNC(=O)CO2. The van der Waals surface area contributed by atoms with Crippen LogP contribution in [0.15, 0.2) is 92.4 Å². The normalized spacial score (nSPS) is 18.5. The summed E-state index contributed by atoms with van der Waals surface area (Å²) in [6.07, 6.45) is 2.30. The van der Waals surface area contributed by atoms with E-state index in [0.717, 1.165) is 22.3 Å². The van der Waals surface area contributed by atoms with E-state index >= 15 is 0 Å². The Morgan fingerprint density at radius 3 is 0.817 bits per heavy atom. The second kappa shape index (κ2) is 22.6. The summed E-state index contributed by atoms with van der Waals surface area (Å²) in [6, 6.07) is 20.8. The number of nitrogens with one attached hydrogen (secondary N) is 4. The molecule has 14 nitrogen and oxygen atoms in total. The number of fused-ring (bicyclic) bond motifs is 4. The van der Waals surface area contributed by atoms with Gasteiger partial charge >= 0.3 is 0 Å². The Bertz CT molecular complexity index is 1930. The van der Waals surface area contributed by atoms with Crippen LogP contribution in [-0.4, -0.2) is 84.7 Å². The molecule has 0 spiro atoms. The first-order valence-electron chi connectivity index (χ1n) is 19.7. The quantitative estimate of drug-likeness (QED) is 0.196. The molecule has 0 unspecified atom stereocenters. The highest BCUT2D eigenvalue weighted by Crippen LogP contribution is 2.34. The summed E-state index contributed by atoms with van der Waals surface area (Å²) in [5.74, 6) is -0.382. The van der Waals surface area contributed by atoms with Crippen molar-refractivity contribution in [2.75, 3.05) is 52.6 Å². The lowest BCUT2D eigenvalue weighted by Gasteiger charge is -2.16. The van der Waals surface area contributed by atoms with Crippen LogP contribution in [0.4, 0.5) is 0 Å². The monoisotopic (exact) mass is 860 g/mol. The molecule has 4 N–H and O–H groups in total. The average Bonchev–Trinajstić information content (AvgIpc) is 3.23. The van der Waals surface area contributed by atoms with E-state index in [1.807, 2.05) is 27.7 Å². The van der Waals surface area contributed by atoms with Crippen molar-refractivity contribution in [3.8, 4) is 23.0 Å². The van der Waals surface area contributed by atoms with Gasteiger partial charge in [-0.1, -0.05) is 24.3 Å². The molecule has 0 aromatic heterocycles. The van der Waals surface area contributed by atoms with Gasteiger partial charge in [-0.05, 0) is 124 Å². The highest BCUT2D eigenvalue weighted by Gasteiger charge is 2.22. The van der Waals surface area contributed by atoms with Crippen molar-refractivity contribution in [3.05, 3.63) is 95.1 Å². The summed E-state index contributed by atoms with van der Waals surface area (Å²) >= 11 is 0. The van der Waals surface area contributed by atoms with Crippen molar-refractivity contribution >= 4 is 45.2 Å². The van der Waals surface area contributed by atoms with Crippen LogP contribution in [0.3, 0.4) is 0 Å². The number of hydrogen-bond donors (Lipinski definition) is 4. The first kappa shape index (κ1) is 45.3. The Morgan fingerprint density at radius 1 is 0.383 bits per heavy atom. The molecule has 4 aromatic rings. The Morgan fingerprint density at radius 2 is 0.600 bits per heavy atom. The molecule has 0 radical (unpaired) electrons. The molecular formula is C44H52N4O10S2. The van der Waals surface area contributed by atoms with Gasteiger partial charge in [-0.25, -0.2) is 8.42 Å². The first-order valence-corrected chi connectivity index (χ1v) is 22.0. The molecule has 320 valence electrons. The van der Waals surface area contributed by atoms with E-state index in [0.29, 0.717) is 71.4 Å². The van der Waals surface area contributed by atoms with Crippen LogP contribution in [0, 0.1) is 27.7 Å². The van der Waals surface area contributed by atoms with E-state index in [1.54, 1.807) is 72.8 Å². The van der Waals surface area contributed by atoms with Crippen molar-refractivity contribution < 1.29 is 46.5 Å². The molecule has 16 heteroatoms. The third kappa shape index (κ3) is 13.7. The zero-order valence-corrected chi connectivity index (χ0v) is 35.9. The minimum Gasteiger partial charge on any atom is -0.482 e. The number of benzene rings is 4. The maximum Gasteiger partial charge on any atom is 0.257 e. The van der Waals surface area contributed by atoms with E-state index in [1.165, 1.54) is 0 Å². The fraction of sp³-hybridized carbons (Fsp3) is 0.364.